The Kier molecular flexibility index (Phi) is 6.00. The number of aryl methyl sites for hydroxylation is 1. The van der Waals surface area contributed by atoms with Crippen LogP contribution in [0.5, 0.6) is 0 Å². The zero-order chi connectivity index (χ0) is 20.1. The molecule has 0 saturated carbocycles. The maximum atomic E-state index is 12.3. The molecular weight excluding hydrogens is 380 g/mol. The van der Waals surface area contributed by atoms with E-state index >= 15 is 0 Å². The lowest BCUT2D eigenvalue weighted by atomic mass is 10.2. The van der Waals surface area contributed by atoms with Crippen LogP contribution in [0.25, 0.3) is 11.4 Å². The topological polar surface area (TPSA) is 93.0 Å². The third-order valence-electron chi connectivity index (χ3n) is 3.99. The van der Waals surface area contributed by atoms with E-state index in [1.165, 1.54) is 9.70 Å². The van der Waals surface area contributed by atoms with E-state index in [-0.39, 0.29) is 24.9 Å². The highest BCUT2D eigenvalue weighted by Gasteiger charge is 2.16. The van der Waals surface area contributed by atoms with Gasteiger partial charge in [-0.15, -0.1) is 10.2 Å². The Morgan fingerprint density at radius 3 is 2.57 bits per heavy atom. The molecule has 8 nitrogen and oxygen atoms in total. The molecule has 0 aliphatic carbocycles. The van der Waals surface area contributed by atoms with E-state index in [1.54, 1.807) is 25.2 Å². The van der Waals surface area contributed by atoms with Crippen LogP contribution in [0, 0.1) is 6.92 Å². The Morgan fingerprint density at radius 2 is 1.86 bits per heavy atom. The number of tetrazole rings is 1. The molecule has 1 N–H and O–H groups in total. The predicted molar refractivity (Wildman–Crippen MR) is 106 cm³/mol. The Hall–Kier alpha value is -3.26. The van der Waals surface area contributed by atoms with E-state index in [4.69, 9.17) is 11.6 Å². The molecule has 0 aliphatic heterocycles. The number of aromatic nitrogens is 4. The zero-order valence-electron chi connectivity index (χ0n) is 15.5. The van der Waals surface area contributed by atoms with Gasteiger partial charge in [0.2, 0.25) is 17.6 Å². The van der Waals surface area contributed by atoms with E-state index in [2.05, 4.69) is 20.7 Å². The van der Waals surface area contributed by atoms with Gasteiger partial charge in [0.1, 0.15) is 6.54 Å². The molecule has 0 atom stereocenters. The van der Waals surface area contributed by atoms with E-state index in [1.807, 2.05) is 37.3 Å². The Labute approximate surface area is 167 Å². The van der Waals surface area contributed by atoms with Crippen LogP contribution in [0.2, 0.25) is 5.02 Å². The summed E-state index contributed by atoms with van der Waals surface area (Å²) in [6.45, 7) is 1.75. The molecule has 0 unspecified atom stereocenters. The second kappa shape index (κ2) is 8.62. The van der Waals surface area contributed by atoms with E-state index in [9.17, 15) is 9.59 Å². The molecule has 2 aromatic carbocycles. The monoisotopic (exact) mass is 398 g/mol. The lowest BCUT2D eigenvalue weighted by Gasteiger charge is -2.16. The van der Waals surface area contributed by atoms with Crippen molar-refractivity contribution in [1.29, 1.82) is 0 Å². The van der Waals surface area contributed by atoms with E-state index < -0.39 is 0 Å². The first-order valence-electron chi connectivity index (χ1n) is 8.55. The van der Waals surface area contributed by atoms with Crippen LogP contribution in [-0.4, -0.2) is 50.5 Å². The summed E-state index contributed by atoms with van der Waals surface area (Å²) in [6, 6.07) is 14.5. The van der Waals surface area contributed by atoms with E-state index in [0.717, 1.165) is 5.56 Å². The van der Waals surface area contributed by atoms with Crippen molar-refractivity contribution in [1.82, 2.24) is 25.1 Å². The minimum Gasteiger partial charge on any atom is -0.335 e. The minimum atomic E-state index is -0.317. The first-order chi connectivity index (χ1) is 13.4. The van der Waals surface area contributed by atoms with E-state index in [0.29, 0.717) is 22.1 Å². The first-order valence-corrected chi connectivity index (χ1v) is 8.93. The number of nitrogens with zero attached hydrogens (tertiary/aromatic N) is 5. The predicted octanol–water partition coefficient (Wildman–Crippen LogP) is 2.40. The first kappa shape index (κ1) is 19.5. The number of halogens is 1. The van der Waals surface area contributed by atoms with Gasteiger partial charge in [0.25, 0.3) is 0 Å². The highest BCUT2D eigenvalue weighted by atomic mass is 35.5. The van der Waals surface area contributed by atoms with Crippen LogP contribution < -0.4 is 5.32 Å². The standard InChI is InChI=1S/C19H19ClN6O2/c1-13-7-9-14(10-8-13)21-17(27)11-25(2)18(28)12-26-23-19(22-24-26)15-5-3-4-6-16(15)20/h3-10H,11-12H2,1-2H3,(H,21,27). The quantitative estimate of drug-likeness (QED) is 0.688. The fourth-order valence-corrected chi connectivity index (χ4v) is 2.66. The second-order valence-electron chi connectivity index (χ2n) is 6.29. The van der Waals surface area contributed by atoms with Crippen molar-refractivity contribution in [2.75, 3.05) is 18.9 Å². The molecule has 1 aromatic heterocycles. The SMILES string of the molecule is Cc1ccc(NC(=O)CN(C)C(=O)Cn2nnc(-c3ccccc3Cl)n2)cc1. The average Bonchev–Trinajstić information content (AvgIpc) is 3.12. The van der Waals surface area contributed by atoms with Crippen molar-refractivity contribution >= 4 is 29.1 Å². The molecule has 2 amide bonds. The lowest BCUT2D eigenvalue weighted by molar-refractivity contribution is -0.134. The van der Waals surface area contributed by atoms with Gasteiger partial charge in [-0.25, -0.2) is 0 Å². The molecule has 9 heteroatoms. The Morgan fingerprint density at radius 1 is 1.14 bits per heavy atom. The van der Waals surface area contributed by atoms with Crippen molar-refractivity contribution < 1.29 is 9.59 Å². The average molecular weight is 399 g/mol. The van der Waals surface area contributed by atoms with Gasteiger partial charge in [-0.2, -0.15) is 4.80 Å². The molecule has 0 aliphatic rings. The van der Waals surface area contributed by atoms with Crippen molar-refractivity contribution in [2.24, 2.45) is 0 Å². The summed E-state index contributed by atoms with van der Waals surface area (Å²) in [5.74, 6) is -0.275. The summed E-state index contributed by atoms with van der Waals surface area (Å²) in [4.78, 5) is 27.0. The third-order valence-corrected chi connectivity index (χ3v) is 4.32. The highest BCUT2D eigenvalue weighted by molar-refractivity contribution is 6.33. The maximum Gasteiger partial charge on any atom is 0.246 e. The molecule has 0 fully saturated rings. The van der Waals surface area contributed by atoms with Crippen LogP contribution in [-0.2, 0) is 16.1 Å². The molecule has 0 saturated heterocycles. The lowest BCUT2D eigenvalue weighted by Crippen LogP contribution is -2.37. The maximum absolute atomic E-state index is 12.3. The van der Waals surface area contributed by atoms with Crippen LogP contribution in [0.15, 0.2) is 48.5 Å². The number of nitrogens with one attached hydrogen (secondary N) is 1. The van der Waals surface area contributed by atoms with Gasteiger partial charge < -0.3 is 10.2 Å². The number of anilines is 1. The van der Waals surface area contributed by atoms with Gasteiger partial charge in [-0.3, -0.25) is 9.59 Å². The number of hydrogen-bond acceptors (Lipinski definition) is 5. The summed E-state index contributed by atoms with van der Waals surface area (Å²) in [6.07, 6.45) is 0. The fourth-order valence-electron chi connectivity index (χ4n) is 2.44. The number of carbonyl (C=O) groups excluding carboxylic acids is 2. The van der Waals surface area contributed by atoms with Crippen molar-refractivity contribution in [3.8, 4) is 11.4 Å². The van der Waals surface area contributed by atoms with Crippen molar-refractivity contribution in [3.05, 3.63) is 59.1 Å². The molecule has 3 aromatic rings. The summed E-state index contributed by atoms with van der Waals surface area (Å²) in [5, 5.41) is 15.2. The van der Waals surface area contributed by atoms with Gasteiger partial charge in [0, 0.05) is 18.3 Å². The smallest absolute Gasteiger partial charge is 0.246 e. The number of hydrogen-bond donors (Lipinski definition) is 1. The number of benzene rings is 2. The fraction of sp³-hybridized carbons (Fsp3) is 0.211. The van der Waals surface area contributed by atoms with Gasteiger partial charge >= 0.3 is 0 Å². The molecule has 1 heterocycles. The number of carbonyl (C=O) groups is 2. The number of amides is 2. The van der Waals surface area contributed by atoms with Gasteiger partial charge in [0.15, 0.2) is 0 Å². The highest BCUT2D eigenvalue weighted by Crippen LogP contribution is 2.23. The number of likely N-dealkylation sites (N-methyl/N-ethyl adjacent to an activating group) is 1. The van der Waals surface area contributed by atoms with Gasteiger partial charge in [-0.1, -0.05) is 41.4 Å². The normalized spacial score (nSPS) is 10.5. The van der Waals surface area contributed by atoms with Crippen LogP contribution in [0.4, 0.5) is 5.69 Å². The largest absolute Gasteiger partial charge is 0.335 e. The molecule has 144 valence electrons. The van der Waals surface area contributed by atoms with Crippen LogP contribution >= 0.6 is 11.6 Å². The third kappa shape index (κ3) is 4.92. The molecule has 0 bridgehead atoms. The Bertz CT molecular complexity index is 986. The summed E-state index contributed by atoms with van der Waals surface area (Å²) in [5.41, 5.74) is 2.41. The van der Waals surface area contributed by atoms with Crippen LogP contribution in [0.3, 0.4) is 0 Å². The molecule has 28 heavy (non-hydrogen) atoms. The minimum absolute atomic E-state index is 0.0845. The van der Waals surface area contributed by atoms with Gasteiger partial charge in [0.05, 0.1) is 11.6 Å². The zero-order valence-corrected chi connectivity index (χ0v) is 16.2. The number of rotatable bonds is 6. The molecule has 3 rings (SSSR count). The van der Waals surface area contributed by atoms with Crippen LogP contribution in [0.1, 0.15) is 5.56 Å². The molecule has 0 spiro atoms. The Balaban J connectivity index is 1.56. The summed E-state index contributed by atoms with van der Waals surface area (Å²) < 4.78 is 0. The summed E-state index contributed by atoms with van der Waals surface area (Å²) >= 11 is 6.12. The summed E-state index contributed by atoms with van der Waals surface area (Å²) in [7, 11) is 1.54. The van der Waals surface area contributed by atoms with Crippen molar-refractivity contribution in [3.63, 3.8) is 0 Å². The van der Waals surface area contributed by atoms with Crippen molar-refractivity contribution in [2.45, 2.75) is 13.5 Å². The second-order valence-corrected chi connectivity index (χ2v) is 6.69. The molecule has 0 radical (unpaired) electrons. The molecular formula is C19H19ClN6O2. The van der Waals surface area contributed by atoms with Gasteiger partial charge in [-0.05, 0) is 36.4 Å².